The van der Waals surface area contributed by atoms with Crippen molar-refractivity contribution in [2.24, 2.45) is 7.05 Å². The number of aromatic nitrogens is 4. The minimum atomic E-state index is -0.188. The highest BCUT2D eigenvalue weighted by Crippen LogP contribution is 2.31. The number of hydrogen-bond acceptors (Lipinski definition) is 6. The first-order valence-electron chi connectivity index (χ1n) is 7.88. The molecule has 6 nitrogen and oxygen atoms in total. The Morgan fingerprint density at radius 3 is 2.88 bits per heavy atom. The molecular formula is C18H15N5OS2. The van der Waals surface area contributed by atoms with Crippen molar-refractivity contribution in [1.82, 2.24) is 19.7 Å². The van der Waals surface area contributed by atoms with Crippen molar-refractivity contribution in [2.45, 2.75) is 6.92 Å². The van der Waals surface area contributed by atoms with Crippen molar-refractivity contribution in [2.75, 3.05) is 5.32 Å². The standard InChI is InChI=1S/C18H15N5OS2/c1-11-16(26-18(20-11)12-6-8-25-10-12)17(24)21-14-9-23(2)22-15(14)13-5-3-4-7-19-13/h3-10H,1-2H3,(H,21,24). The molecule has 1 N–H and O–H groups in total. The smallest absolute Gasteiger partial charge is 0.267 e. The maximum absolute atomic E-state index is 12.8. The fraction of sp³-hybridized carbons (Fsp3) is 0.111. The predicted octanol–water partition coefficient (Wildman–Crippen LogP) is 4.23. The number of aryl methyl sites for hydroxylation is 2. The third-order valence-corrected chi connectivity index (χ3v) is 5.64. The van der Waals surface area contributed by atoms with Crippen LogP contribution in [0.15, 0.2) is 47.4 Å². The average Bonchev–Trinajstić information content (AvgIpc) is 3.35. The summed E-state index contributed by atoms with van der Waals surface area (Å²) in [7, 11) is 1.81. The highest BCUT2D eigenvalue weighted by atomic mass is 32.1. The Hall–Kier alpha value is -2.84. The Bertz CT molecular complexity index is 1050. The lowest BCUT2D eigenvalue weighted by Gasteiger charge is -2.04. The topological polar surface area (TPSA) is 72.7 Å². The van der Waals surface area contributed by atoms with Gasteiger partial charge in [0.25, 0.3) is 5.91 Å². The van der Waals surface area contributed by atoms with Gasteiger partial charge < -0.3 is 5.32 Å². The Kier molecular flexibility index (Phi) is 4.36. The SMILES string of the molecule is Cc1nc(-c2ccsc2)sc1C(=O)Nc1cn(C)nc1-c1ccccn1. The minimum Gasteiger partial charge on any atom is -0.318 e. The summed E-state index contributed by atoms with van der Waals surface area (Å²) < 4.78 is 1.66. The predicted molar refractivity (Wildman–Crippen MR) is 105 cm³/mol. The van der Waals surface area contributed by atoms with Crippen molar-refractivity contribution in [3.63, 3.8) is 0 Å². The molecule has 4 heterocycles. The monoisotopic (exact) mass is 381 g/mol. The number of amides is 1. The molecule has 0 saturated carbocycles. The van der Waals surface area contributed by atoms with E-state index in [4.69, 9.17) is 0 Å². The number of nitrogens with zero attached hydrogens (tertiary/aromatic N) is 4. The van der Waals surface area contributed by atoms with Crippen LogP contribution in [-0.2, 0) is 7.05 Å². The van der Waals surface area contributed by atoms with E-state index in [1.54, 1.807) is 28.4 Å². The van der Waals surface area contributed by atoms with E-state index in [2.05, 4.69) is 20.4 Å². The van der Waals surface area contributed by atoms with Gasteiger partial charge in [-0.25, -0.2) is 4.98 Å². The molecule has 130 valence electrons. The number of pyridine rings is 1. The van der Waals surface area contributed by atoms with Gasteiger partial charge in [0, 0.05) is 30.4 Å². The van der Waals surface area contributed by atoms with Crippen LogP contribution in [0.4, 0.5) is 5.69 Å². The normalized spacial score (nSPS) is 10.8. The van der Waals surface area contributed by atoms with Gasteiger partial charge in [-0.15, -0.1) is 11.3 Å². The number of anilines is 1. The van der Waals surface area contributed by atoms with E-state index in [9.17, 15) is 4.79 Å². The Morgan fingerprint density at radius 1 is 1.27 bits per heavy atom. The number of thiazole rings is 1. The molecule has 26 heavy (non-hydrogen) atoms. The minimum absolute atomic E-state index is 0.188. The maximum atomic E-state index is 12.8. The third kappa shape index (κ3) is 3.16. The van der Waals surface area contributed by atoms with Crippen molar-refractivity contribution < 1.29 is 4.79 Å². The van der Waals surface area contributed by atoms with Crippen molar-refractivity contribution >= 4 is 34.3 Å². The van der Waals surface area contributed by atoms with E-state index in [0.717, 1.165) is 16.3 Å². The van der Waals surface area contributed by atoms with Crippen LogP contribution in [0.25, 0.3) is 22.0 Å². The summed E-state index contributed by atoms with van der Waals surface area (Å²) in [4.78, 5) is 22.3. The van der Waals surface area contributed by atoms with Gasteiger partial charge in [-0.3, -0.25) is 14.5 Å². The molecule has 0 radical (unpaired) electrons. The first-order valence-corrected chi connectivity index (χ1v) is 9.64. The first kappa shape index (κ1) is 16.6. The number of nitrogens with one attached hydrogen (secondary N) is 1. The Balaban J connectivity index is 1.64. The lowest BCUT2D eigenvalue weighted by atomic mass is 10.2. The molecule has 0 aliphatic carbocycles. The number of rotatable bonds is 4. The van der Waals surface area contributed by atoms with Crippen LogP contribution in [0.2, 0.25) is 0 Å². The Labute approximate surface area is 158 Å². The molecule has 0 fully saturated rings. The fourth-order valence-corrected chi connectivity index (χ4v) is 4.24. The molecule has 0 aromatic carbocycles. The molecule has 0 unspecified atom stereocenters. The second-order valence-corrected chi connectivity index (χ2v) is 7.46. The third-order valence-electron chi connectivity index (χ3n) is 3.76. The van der Waals surface area contributed by atoms with Crippen LogP contribution in [0.3, 0.4) is 0 Å². The first-order chi connectivity index (χ1) is 12.6. The Morgan fingerprint density at radius 2 is 2.15 bits per heavy atom. The zero-order valence-corrected chi connectivity index (χ0v) is 15.8. The summed E-state index contributed by atoms with van der Waals surface area (Å²) in [6.45, 7) is 1.85. The van der Waals surface area contributed by atoms with Crippen molar-refractivity contribution in [1.29, 1.82) is 0 Å². The van der Waals surface area contributed by atoms with E-state index < -0.39 is 0 Å². The van der Waals surface area contributed by atoms with Gasteiger partial charge in [-0.2, -0.15) is 16.4 Å². The number of hydrogen-bond donors (Lipinski definition) is 1. The summed E-state index contributed by atoms with van der Waals surface area (Å²) in [5, 5.41) is 12.3. The van der Waals surface area contributed by atoms with Crippen LogP contribution in [0, 0.1) is 6.92 Å². The van der Waals surface area contributed by atoms with Gasteiger partial charge in [0.1, 0.15) is 15.6 Å². The molecule has 1 amide bonds. The molecule has 0 aliphatic heterocycles. The highest BCUT2D eigenvalue weighted by molar-refractivity contribution is 7.17. The maximum Gasteiger partial charge on any atom is 0.267 e. The average molecular weight is 381 g/mol. The van der Waals surface area contributed by atoms with Gasteiger partial charge in [-0.05, 0) is 30.5 Å². The van der Waals surface area contributed by atoms with Crippen molar-refractivity contribution in [3.05, 3.63) is 58.0 Å². The van der Waals surface area contributed by atoms with Gasteiger partial charge in [0.15, 0.2) is 0 Å². The number of carbonyl (C=O) groups is 1. The molecule has 4 rings (SSSR count). The quantitative estimate of drug-likeness (QED) is 0.574. The van der Waals surface area contributed by atoms with E-state index in [0.29, 0.717) is 22.0 Å². The summed E-state index contributed by atoms with van der Waals surface area (Å²) in [6.07, 6.45) is 3.48. The summed E-state index contributed by atoms with van der Waals surface area (Å²) in [5.41, 5.74) is 3.74. The molecule has 4 aromatic rings. The van der Waals surface area contributed by atoms with E-state index in [-0.39, 0.29) is 5.91 Å². The van der Waals surface area contributed by atoms with Gasteiger partial charge in [0.05, 0.1) is 17.1 Å². The summed E-state index contributed by atoms with van der Waals surface area (Å²) >= 11 is 3.00. The molecule has 0 saturated heterocycles. The zero-order chi connectivity index (χ0) is 18.1. The zero-order valence-electron chi connectivity index (χ0n) is 14.1. The molecule has 0 bridgehead atoms. The summed E-state index contributed by atoms with van der Waals surface area (Å²) in [5.74, 6) is -0.188. The van der Waals surface area contributed by atoms with Gasteiger partial charge in [-0.1, -0.05) is 6.07 Å². The lowest BCUT2D eigenvalue weighted by Crippen LogP contribution is -2.11. The molecule has 0 aliphatic rings. The molecule has 8 heteroatoms. The van der Waals surface area contributed by atoms with Crippen LogP contribution in [-0.4, -0.2) is 25.7 Å². The van der Waals surface area contributed by atoms with Crippen LogP contribution in [0.1, 0.15) is 15.4 Å². The van der Waals surface area contributed by atoms with Crippen LogP contribution < -0.4 is 5.32 Å². The molecule has 4 aromatic heterocycles. The molecule has 0 spiro atoms. The molecular weight excluding hydrogens is 366 g/mol. The van der Waals surface area contributed by atoms with Gasteiger partial charge >= 0.3 is 0 Å². The number of carbonyl (C=O) groups excluding carboxylic acids is 1. The largest absolute Gasteiger partial charge is 0.318 e. The van der Waals surface area contributed by atoms with Crippen molar-refractivity contribution in [3.8, 4) is 22.0 Å². The van der Waals surface area contributed by atoms with Crippen LogP contribution in [0.5, 0.6) is 0 Å². The lowest BCUT2D eigenvalue weighted by molar-refractivity contribution is 0.103. The van der Waals surface area contributed by atoms with E-state index >= 15 is 0 Å². The fourth-order valence-electron chi connectivity index (χ4n) is 2.57. The second-order valence-electron chi connectivity index (χ2n) is 5.68. The summed E-state index contributed by atoms with van der Waals surface area (Å²) in [6, 6.07) is 7.61. The van der Waals surface area contributed by atoms with Crippen LogP contribution >= 0.6 is 22.7 Å². The van der Waals surface area contributed by atoms with E-state index in [1.165, 1.54) is 11.3 Å². The number of thiophene rings is 1. The van der Waals surface area contributed by atoms with E-state index in [1.807, 2.05) is 49.0 Å². The van der Waals surface area contributed by atoms with Gasteiger partial charge in [0.2, 0.25) is 0 Å². The second kappa shape index (κ2) is 6.81. The molecule has 0 atom stereocenters. The highest BCUT2D eigenvalue weighted by Gasteiger charge is 2.19.